The van der Waals surface area contributed by atoms with Gasteiger partial charge in [-0.1, -0.05) is 24.2 Å². The number of hydrogen-bond donors (Lipinski definition) is 2. The number of nitrogens with zero attached hydrogens (tertiary/aromatic N) is 2. The van der Waals surface area contributed by atoms with Crippen LogP contribution >= 0.6 is 0 Å². The lowest BCUT2D eigenvalue weighted by Gasteiger charge is -2.14. The lowest BCUT2D eigenvalue weighted by Crippen LogP contribution is -2.18. The fourth-order valence-electron chi connectivity index (χ4n) is 1.30. The number of halogens is 1. The van der Waals surface area contributed by atoms with Gasteiger partial charge in [0.05, 0.1) is 0 Å². The molecule has 1 rings (SSSR count). The van der Waals surface area contributed by atoms with Crippen molar-refractivity contribution < 1.29 is 9.60 Å². The highest BCUT2D eigenvalue weighted by molar-refractivity contribution is 5.97. The summed E-state index contributed by atoms with van der Waals surface area (Å²) in [6.07, 6.45) is 0. The quantitative estimate of drug-likeness (QED) is 0.352. The summed E-state index contributed by atoms with van der Waals surface area (Å²) >= 11 is 0. The summed E-state index contributed by atoms with van der Waals surface area (Å²) in [6.45, 7) is 3.39. The molecule has 0 atom stereocenters. The molecule has 0 fully saturated rings. The molecule has 5 heteroatoms. The van der Waals surface area contributed by atoms with Crippen LogP contribution < -0.4 is 5.73 Å². The van der Waals surface area contributed by atoms with Crippen LogP contribution in [-0.4, -0.2) is 29.5 Å². The van der Waals surface area contributed by atoms with E-state index in [1.165, 1.54) is 6.07 Å². The molecular weight excluding hydrogens is 209 g/mol. The van der Waals surface area contributed by atoms with E-state index in [0.717, 1.165) is 6.54 Å². The van der Waals surface area contributed by atoms with Crippen molar-refractivity contribution in [3.63, 3.8) is 0 Å². The minimum absolute atomic E-state index is 0.0886. The number of nitrogens with two attached hydrogens (primary N) is 1. The molecule has 1 aromatic rings. The molecule has 0 saturated heterocycles. The van der Waals surface area contributed by atoms with Gasteiger partial charge >= 0.3 is 0 Å². The Morgan fingerprint density at radius 2 is 2.25 bits per heavy atom. The van der Waals surface area contributed by atoms with Gasteiger partial charge in [0.25, 0.3) is 0 Å². The molecule has 16 heavy (non-hydrogen) atoms. The van der Waals surface area contributed by atoms with Crippen molar-refractivity contribution in [1.82, 2.24) is 4.90 Å². The minimum Gasteiger partial charge on any atom is -0.409 e. The zero-order valence-corrected chi connectivity index (χ0v) is 9.44. The maximum atomic E-state index is 13.6. The molecule has 0 aliphatic rings. The molecule has 0 aliphatic heterocycles. The minimum atomic E-state index is -0.343. The Kier molecular flexibility index (Phi) is 4.25. The maximum Gasteiger partial charge on any atom is 0.170 e. The molecule has 0 aliphatic carbocycles. The molecule has 0 aromatic heterocycles. The SMILES string of the molecule is CCN(C)Cc1ccc(/C(N)=N/O)cc1F. The van der Waals surface area contributed by atoms with Gasteiger partial charge in [-0.15, -0.1) is 0 Å². The monoisotopic (exact) mass is 225 g/mol. The summed E-state index contributed by atoms with van der Waals surface area (Å²) in [7, 11) is 1.91. The van der Waals surface area contributed by atoms with Gasteiger partial charge in [-0.3, -0.25) is 0 Å². The van der Waals surface area contributed by atoms with Crippen LogP contribution in [-0.2, 0) is 6.54 Å². The maximum absolute atomic E-state index is 13.6. The predicted octanol–water partition coefficient (Wildman–Crippen LogP) is 1.37. The Labute approximate surface area is 94.2 Å². The normalized spacial score (nSPS) is 12.1. The van der Waals surface area contributed by atoms with Gasteiger partial charge in [-0.2, -0.15) is 0 Å². The van der Waals surface area contributed by atoms with Gasteiger partial charge in [0.2, 0.25) is 0 Å². The van der Waals surface area contributed by atoms with Crippen molar-refractivity contribution in [2.24, 2.45) is 10.9 Å². The first-order valence-corrected chi connectivity index (χ1v) is 5.03. The van der Waals surface area contributed by atoms with Crippen molar-refractivity contribution in [3.05, 3.63) is 35.1 Å². The third kappa shape index (κ3) is 2.93. The van der Waals surface area contributed by atoms with Gasteiger partial charge < -0.3 is 15.8 Å². The highest BCUT2D eigenvalue weighted by atomic mass is 19.1. The van der Waals surface area contributed by atoms with Gasteiger partial charge in [0.15, 0.2) is 5.84 Å². The summed E-state index contributed by atoms with van der Waals surface area (Å²) < 4.78 is 13.6. The summed E-state index contributed by atoms with van der Waals surface area (Å²) in [5.74, 6) is -0.432. The largest absolute Gasteiger partial charge is 0.409 e. The van der Waals surface area contributed by atoms with E-state index >= 15 is 0 Å². The lowest BCUT2D eigenvalue weighted by molar-refractivity contribution is 0.318. The molecule has 0 heterocycles. The molecule has 3 N–H and O–H groups in total. The summed E-state index contributed by atoms with van der Waals surface area (Å²) in [4.78, 5) is 1.99. The van der Waals surface area contributed by atoms with Crippen LogP contribution in [0.15, 0.2) is 23.4 Å². The standard InChI is InChI=1S/C11H16FN3O/c1-3-15(2)7-9-5-4-8(6-10(9)12)11(13)14-16/h4-6,16H,3,7H2,1-2H3,(H2,13,14). The van der Waals surface area contributed by atoms with E-state index in [1.807, 2.05) is 18.9 Å². The van der Waals surface area contributed by atoms with Gasteiger partial charge in [0, 0.05) is 17.7 Å². The van der Waals surface area contributed by atoms with Gasteiger partial charge in [0.1, 0.15) is 5.82 Å². The van der Waals surface area contributed by atoms with Crippen molar-refractivity contribution >= 4 is 5.84 Å². The Bertz CT molecular complexity index is 393. The highest BCUT2D eigenvalue weighted by Gasteiger charge is 2.07. The molecule has 0 spiro atoms. The topological polar surface area (TPSA) is 61.8 Å². The van der Waals surface area contributed by atoms with E-state index < -0.39 is 0 Å². The van der Waals surface area contributed by atoms with E-state index in [4.69, 9.17) is 10.9 Å². The third-order valence-electron chi connectivity index (χ3n) is 2.44. The summed E-state index contributed by atoms with van der Waals surface area (Å²) in [5.41, 5.74) is 6.34. The Morgan fingerprint density at radius 3 is 2.75 bits per heavy atom. The second-order valence-electron chi connectivity index (χ2n) is 3.62. The fourth-order valence-corrected chi connectivity index (χ4v) is 1.30. The Balaban J connectivity index is 2.92. The first kappa shape index (κ1) is 12.4. The van der Waals surface area contributed by atoms with E-state index in [1.54, 1.807) is 12.1 Å². The molecule has 0 saturated carbocycles. The van der Waals surface area contributed by atoms with Crippen LogP contribution in [0.25, 0.3) is 0 Å². The first-order valence-electron chi connectivity index (χ1n) is 5.03. The van der Waals surface area contributed by atoms with Crippen molar-refractivity contribution in [1.29, 1.82) is 0 Å². The van der Waals surface area contributed by atoms with Crippen LogP contribution in [0.1, 0.15) is 18.1 Å². The fraction of sp³-hybridized carbons (Fsp3) is 0.364. The molecule has 1 aromatic carbocycles. The van der Waals surface area contributed by atoms with Crippen LogP contribution in [0.3, 0.4) is 0 Å². The van der Waals surface area contributed by atoms with Crippen LogP contribution in [0.5, 0.6) is 0 Å². The second kappa shape index (κ2) is 5.46. The van der Waals surface area contributed by atoms with Crippen LogP contribution in [0, 0.1) is 5.82 Å². The zero-order valence-electron chi connectivity index (χ0n) is 9.44. The zero-order chi connectivity index (χ0) is 12.1. The van der Waals surface area contributed by atoms with Crippen LogP contribution in [0.2, 0.25) is 0 Å². The summed E-state index contributed by atoms with van der Waals surface area (Å²) in [6, 6.07) is 4.56. The Morgan fingerprint density at radius 1 is 1.56 bits per heavy atom. The molecule has 0 amide bonds. The molecule has 88 valence electrons. The third-order valence-corrected chi connectivity index (χ3v) is 2.44. The second-order valence-corrected chi connectivity index (χ2v) is 3.62. The van der Waals surface area contributed by atoms with Crippen LogP contribution in [0.4, 0.5) is 4.39 Å². The predicted molar refractivity (Wildman–Crippen MR) is 60.9 cm³/mol. The van der Waals surface area contributed by atoms with E-state index in [0.29, 0.717) is 17.7 Å². The average Bonchev–Trinajstić information content (AvgIpc) is 2.30. The Hall–Kier alpha value is -1.62. The molecular formula is C11H16FN3O. The molecule has 0 unspecified atom stereocenters. The van der Waals surface area contributed by atoms with E-state index in [-0.39, 0.29) is 11.7 Å². The van der Waals surface area contributed by atoms with Crippen molar-refractivity contribution in [2.75, 3.05) is 13.6 Å². The van der Waals surface area contributed by atoms with Crippen molar-refractivity contribution in [2.45, 2.75) is 13.5 Å². The van der Waals surface area contributed by atoms with E-state index in [2.05, 4.69) is 5.16 Å². The van der Waals surface area contributed by atoms with Gasteiger partial charge in [-0.05, 0) is 19.7 Å². The molecule has 0 radical (unpaired) electrons. The first-order chi connectivity index (χ1) is 7.58. The number of benzene rings is 1. The lowest BCUT2D eigenvalue weighted by atomic mass is 10.1. The number of rotatable bonds is 4. The highest BCUT2D eigenvalue weighted by Crippen LogP contribution is 2.12. The number of oxime groups is 1. The number of amidine groups is 1. The molecule has 0 bridgehead atoms. The summed E-state index contributed by atoms with van der Waals surface area (Å²) in [5, 5.41) is 11.3. The number of hydrogen-bond acceptors (Lipinski definition) is 3. The molecule has 4 nitrogen and oxygen atoms in total. The van der Waals surface area contributed by atoms with E-state index in [9.17, 15) is 4.39 Å². The van der Waals surface area contributed by atoms with Crippen molar-refractivity contribution in [3.8, 4) is 0 Å². The smallest absolute Gasteiger partial charge is 0.170 e. The van der Waals surface area contributed by atoms with Gasteiger partial charge in [-0.25, -0.2) is 4.39 Å². The average molecular weight is 225 g/mol.